The van der Waals surface area contributed by atoms with Crippen molar-refractivity contribution in [2.45, 2.75) is 45.1 Å². The second kappa shape index (κ2) is 16.3. The van der Waals surface area contributed by atoms with Crippen LogP contribution in [-0.4, -0.2) is 47.7 Å². The number of nitrogens with zero attached hydrogens (tertiary/aromatic N) is 3. The van der Waals surface area contributed by atoms with E-state index in [1.54, 1.807) is 19.2 Å². The number of nitrogens with one attached hydrogen (secondary N) is 4. The third kappa shape index (κ3) is 10.4. The maximum absolute atomic E-state index is 13.3. The molecule has 45 heavy (non-hydrogen) atoms. The average molecular weight is 614 g/mol. The summed E-state index contributed by atoms with van der Waals surface area (Å²) in [6, 6.07) is 21.1. The largest absolute Gasteiger partial charge is 0.491 e. The van der Waals surface area contributed by atoms with Crippen molar-refractivity contribution in [2.24, 2.45) is 5.92 Å². The van der Waals surface area contributed by atoms with Gasteiger partial charge in [0.25, 0.3) is 0 Å². The van der Waals surface area contributed by atoms with E-state index in [1.807, 2.05) is 48.5 Å². The molecule has 4 aromatic rings. The molecular formula is C34H40FN7O3. The van der Waals surface area contributed by atoms with E-state index >= 15 is 0 Å². The van der Waals surface area contributed by atoms with Crippen LogP contribution in [0.1, 0.15) is 43.2 Å². The molecule has 0 radical (unpaired) electrons. The average Bonchev–Trinajstić information content (AvgIpc) is 3.06. The van der Waals surface area contributed by atoms with Crippen LogP contribution in [-0.2, 0) is 22.5 Å². The minimum absolute atomic E-state index is 0.119. The fraction of sp³-hybridized carbons (Fsp3) is 0.353. The summed E-state index contributed by atoms with van der Waals surface area (Å²) in [7, 11) is 1.63. The molecule has 1 heterocycles. The lowest BCUT2D eigenvalue weighted by Gasteiger charge is -2.21. The molecule has 1 saturated carbocycles. The first kappa shape index (κ1) is 31.6. The number of aromatic nitrogens is 3. The van der Waals surface area contributed by atoms with Crippen molar-refractivity contribution < 1.29 is 18.7 Å². The molecule has 0 unspecified atom stereocenters. The summed E-state index contributed by atoms with van der Waals surface area (Å²) in [6.07, 6.45) is 6.47. The van der Waals surface area contributed by atoms with Crippen LogP contribution in [0.2, 0.25) is 0 Å². The van der Waals surface area contributed by atoms with Gasteiger partial charge in [0, 0.05) is 31.6 Å². The van der Waals surface area contributed by atoms with Crippen LogP contribution >= 0.6 is 0 Å². The molecule has 1 aliphatic carbocycles. The molecule has 0 saturated heterocycles. The molecule has 5 rings (SSSR count). The van der Waals surface area contributed by atoms with E-state index in [0.29, 0.717) is 55.0 Å². The predicted molar refractivity (Wildman–Crippen MR) is 174 cm³/mol. The zero-order valence-corrected chi connectivity index (χ0v) is 25.5. The Morgan fingerprint density at radius 1 is 0.778 bits per heavy atom. The molecular weight excluding hydrogens is 573 g/mol. The standard InChI is InChI=1S/C34H40FN7O3/c1-44-19-20-45-30-17-15-28(16-18-30)38-31(43)21-24-9-13-29(14-10-24)39-34-41-32(36-22-25-5-3-2-4-6-25)40-33(42-34)37-23-26-7-11-27(35)12-8-26/h7-18,25H,2-6,19-23H2,1H3,(H,38,43)(H3,36,37,39,40,41,42). The lowest BCUT2D eigenvalue weighted by atomic mass is 9.89. The molecule has 3 aromatic carbocycles. The van der Waals surface area contributed by atoms with Crippen LogP contribution < -0.4 is 26.0 Å². The van der Waals surface area contributed by atoms with Gasteiger partial charge in [-0.25, -0.2) is 4.39 Å². The summed E-state index contributed by atoms with van der Waals surface area (Å²) < 4.78 is 23.9. The van der Waals surface area contributed by atoms with Crippen molar-refractivity contribution in [3.8, 4) is 5.75 Å². The van der Waals surface area contributed by atoms with E-state index in [0.717, 1.165) is 23.4 Å². The highest BCUT2D eigenvalue weighted by Gasteiger charge is 2.15. The second-order valence-corrected chi connectivity index (χ2v) is 11.1. The maximum Gasteiger partial charge on any atom is 0.233 e. The van der Waals surface area contributed by atoms with Gasteiger partial charge in [-0.3, -0.25) is 4.79 Å². The van der Waals surface area contributed by atoms with E-state index in [1.165, 1.54) is 44.2 Å². The van der Waals surface area contributed by atoms with Gasteiger partial charge in [-0.15, -0.1) is 0 Å². The van der Waals surface area contributed by atoms with Gasteiger partial charge in [0.05, 0.1) is 13.0 Å². The van der Waals surface area contributed by atoms with Crippen molar-refractivity contribution >= 4 is 35.1 Å². The third-order valence-corrected chi connectivity index (χ3v) is 7.54. The van der Waals surface area contributed by atoms with Crippen molar-refractivity contribution in [2.75, 3.05) is 48.1 Å². The molecule has 0 bridgehead atoms. The highest BCUT2D eigenvalue weighted by Crippen LogP contribution is 2.24. The minimum atomic E-state index is -0.277. The van der Waals surface area contributed by atoms with E-state index < -0.39 is 0 Å². The third-order valence-electron chi connectivity index (χ3n) is 7.54. The summed E-state index contributed by atoms with van der Waals surface area (Å²) in [5.74, 6) is 2.21. The molecule has 0 aliphatic heterocycles. The molecule has 4 N–H and O–H groups in total. The van der Waals surface area contributed by atoms with Gasteiger partial charge < -0.3 is 30.7 Å². The molecule has 1 amide bonds. The second-order valence-electron chi connectivity index (χ2n) is 11.1. The Labute approximate surface area is 263 Å². The number of halogens is 1. The van der Waals surface area contributed by atoms with Gasteiger partial charge in [0.15, 0.2) is 0 Å². The molecule has 1 fully saturated rings. The first-order valence-electron chi connectivity index (χ1n) is 15.4. The van der Waals surface area contributed by atoms with E-state index in [4.69, 9.17) is 9.47 Å². The fourth-order valence-electron chi connectivity index (χ4n) is 5.10. The van der Waals surface area contributed by atoms with E-state index in [9.17, 15) is 9.18 Å². The summed E-state index contributed by atoms with van der Waals surface area (Å²) in [6.45, 7) is 2.23. The lowest BCUT2D eigenvalue weighted by Crippen LogP contribution is -2.19. The van der Waals surface area contributed by atoms with Crippen LogP contribution in [0.15, 0.2) is 72.8 Å². The predicted octanol–water partition coefficient (Wildman–Crippen LogP) is 6.57. The fourth-order valence-corrected chi connectivity index (χ4v) is 5.10. The number of ether oxygens (including phenoxy) is 2. The Bertz CT molecular complexity index is 1500. The minimum Gasteiger partial charge on any atom is -0.491 e. The maximum atomic E-state index is 13.3. The molecule has 11 heteroatoms. The van der Waals surface area contributed by atoms with Gasteiger partial charge in [-0.2, -0.15) is 15.0 Å². The van der Waals surface area contributed by atoms with Crippen LogP contribution in [0.3, 0.4) is 0 Å². The van der Waals surface area contributed by atoms with Crippen molar-refractivity contribution in [1.82, 2.24) is 15.0 Å². The Morgan fingerprint density at radius 3 is 2.13 bits per heavy atom. The zero-order valence-electron chi connectivity index (χ0n) is 25.5. The summed E-state index contributed by atoms with van der Waals surface area (Å²) >= 11 is 0. The topological polar surface area (TPSA) is 122 Å². The molecule has 10 nitrogen and oxygen atoms in total. The number of amides is 1. The van der Waals surface area contributed by atoms with Crippen molar-refractivity contribution in [3.63, 3.8) is 0 Å². The number of carbonyl (C=O) groups is 1. The molecule has 236 valence electrons. The first-order valence-corrected chi connectivity index (χ1v) is 15.4. The van der Waals surface area contributed by atoms with Crippen LogP contribution in [0.4, 0.5) is 33.6 Å². The number of methoxy groups -OCH3 is 1. The van der Waals surface area contributed by atoms with E-state index in [2.05, 4.69) is 36.2 Å². The van der Waals surface area contributed by atoms with Gasteiger partial charge >= 0.3 is 0 Å². The summed E-state index contributed by atoms with van der Waals surface area (Å²) in [4.78, 5) is 26.4. The monoisotopic (exact) mass is 613 g/mol. The van der Waals surface area contributed by atoms with Gasteiger partial charge in [-0.1, -0.05) is 43.5 Å². The van der Waals surface area contributed by atoms with Gasteiger partial charge in [0.1, 0.15) is 18.2 Å². The Morgan fingerprint density at radius 2 is 1.42 bits per heavy atom. The number of hydrogen-bond donors (Lipinski definition) is 4. The van der Waals surface area contributed by atoms with E-state index in [-0.39, 0.29) is 18.1 Å². The molecule has 0 spiro atoms. The van der Waals surface area contributed by atoms with Crippen molar-refractivity contribution in [3.05, 3.63) is 89.7 Å². The number of hydrogen-bond acceptors (Lipinski definition) is 9. The Hall–Kier alpha value is -4.77. The number of anilines is 5. The molecule has 0 atom stereocenters. The highest BCUT2D eigenvalue weighted by molar-refractivity contribution is 5.92. The molecule has 1 aromatic heterocycles. The SMILES string of the molecule is COCCOc1ccc(NC(=O)Cc2ccc(Nc3nc(NCc4ccc(F)cc4)nc(NCC4CCCCC4)n3)cc2)cc1. The highest BCUT2D eigenvalue weighted by atomic mass is 19.1. The first-order chi connectivity index (χ1) is 22.0. The lowest BCUT2D eigenvalue weighted by molar-refractivity contribution is -0.115. The number of rotatable bonds is 15. The Balaban J connectivity index is 1.19. The quantitative estimate of drug-likeness (QED) is 0.110. The van der Waals surface area contributed by atoms with Crippen LogP contribution in [0.5, 0.6) is 5.75 Å². The summed E-state index contributed by atoms with van der Waals surface area (Å²) in [5.41, 5.74) is 3.25. The number of benzene rings is 3. The molecule has 1 aliphatic rings. The zero-order chi connectivity index (χ0) is 31.3. The smallest absolute Gasteiger partial charge is 0.233 e. The van der Waals surface area contributed by atoms with Gasteiger partial charge in [0.2, 0.25) is 23.8 Å². The Kier molecular flexibility index (Phi) is 11.5. The van der Waals surface area contributed by atoms with Crippen LogP contribution in [0, 0.1) is 11.7 Å². The summed E-state index contributed by atoms with van der Waals surface area (Å²) in [5, 5.41) is 12.8. The number of carbonyl (C=O) groups excluding carboxylic acids is 1. The van der Waals surface area contributed by atoms with Crippen LogP contribution in [0.25, 0.3) is 0 Å². The van der Waals surface area contributed by atoms with Crippen molar-refractivity contribution in [1.29, 1.82) is 0 Å². The normalized spacial score (nSPS) is 13.2. The van der Waals surface area contributed by atoms with Gasteiger partial charge in [-0.05, 0) is 78.4 Å².